The SMILES string of the molecule is Cc1ccncc1CNc1cccc(S(N)(=O)=O)c1C. The summed E-state index contributed by atoms with van der Waals surface area (Å²) in [6.45, 7) is 4.32. The molecule has 0 aliphatic carbocycles. The van der Waals surface area contributed by atoms with Gasteiger partial charge in [-0.25, -0.2) is 13.6 Å². The molecule has 0 radical (unpaired) electrons. The zero-order chi connectivity index (χ0) is 14.8. The molecule has 0 bridgehead atoms. The molecule has 2 rings (SSSR count). The minimum absolute atomic E-state index is 0.144. The van der Waals surface area contributed by atoms with E-state index in [-0.39, 0.29) is 4.90 Å². The van der Waals surface area contributed by atoms with E-state index < -0.39 is 10.0 Å². The van der Waals surface area contributed by atoms with Gasteiger partial charge in [0, 0.05) is 24.6 Å². The van der Waals surface area contributed by atoms with Crippen LogP contribution in [0.2, 0.25) is 0 Å². The van der Waals surface area contributed by atoms with Crippen LogP contribution in [0.5, 0.6) is 0 Å². The highest BCUT2D eigenvalue weighted by Gasteiger charge is 2.13. The summed E-state index contributed by atoms with van der Waals surface area (Å²) in [5.74, 6) is 0. The predicted molar refractivity (Wildman–Crippen MR) is 78.9 cm³/mol. The molecule has 0 fully saturated rings. The average Bonchev–Trinajstić information content (AvgIpc) is 2.38. The van der Waals surface area contributed by atoms with Crippen molar-refractivity contribution in [2.75, 3.05) is 5.32 Å². The van der Waals surface area contributed by atoms with Crippen molar-refractivity contribution in [2.24, 2.45) is 5.14 Å². The third kappa shape index (κ3) is 3.15. The molecule has 2 aromatic rings. The monoisotopic (exact) mass is 291 g/mol. The maximum Gasteiger partial charge on any atom is 0.238 e. The third-order valence-corrected chi connectivity index (χ3v) is 4.26. The number of nitrogens with one attached hydrogen (secondary N) is 1. The van der Waals surface area contributed by atoms with Crippen LogP contribution >= 0.6 is 0 Å². The van der Waals surface area contributed by atoms with E-state index in [4.69, 9.17) is 5.14 Å². The molecule has 6 heteroatoms. The van der Waals surface area contributed by atoms with Crippen LogP contribution in [0.3, 0.4) is 0 Å². The highest BCUT2D eigenvalue weighted by molar-refractivity contribution is 7.89. The molecule has 0 aliphatic rings. The second-order valence-corrected chi connectivity index (χ2v) is 6.16. The number of nitrogens with zero attached hydrogens (tertiary/aromatic N) is 1. The van der Waals surface area contributed by atoms with Gasteiger partial charge in [0.15, 0.2) is 0 Å². The van der Waals surface area contributed by atoms with Gasteiger partial charge >= 0.3 is 0 Å². The maximum atomic E-state index is 11.5. The van der Waals surface area contributed by atoms with Gasteiger partial charge in [-0.1, -0.05) is 6.07 Å². The number of hydrogen-bond acceptors (Lipinski definition) is 4. The first kappa shape index (κ1) is 14.5. The number of sulfonamides is 1. The van der Waals surface area contributed by atoms with Gasteiger partial charge < -0.3 is 5.32 Å². The largest absolute Gasteiger partial charge is 0.381 e. The van der Waals surface area contributed by atoms with Gasteiger partial charge in [-0.05, 0) is 48.7 Å². The fraction of sp³-hybridized carbons (Fsp3) is 0.214. The van der Waals surface area contributed by atoms with Crippen LogP contribution in [0.1, 0.15) is 16.7 Å². The molecule has 106 valence electrons. The zero-order valence-electron chi connectivity index (χ0n) is 11.4. The van der Waals surface area contributed by atoms with Crippen LogP contribution in [0.4, 0.5) is 5.69 Å². The standard InChI is InChI=1S/C14H17N3O2S/c1-10-6-7-16-8-12(10)9-17-13-4-3-5-14(11(13)2)20(15,18)19/h3-8,17H,9H2,1-2H3,(H2,15,18,19). The van der Waals surface area contributed by atoms with E-state index >= 15 is 0 Å². The molecule has 0 saturated heterocycles. The number of rotatable bonds is 4. The normalized spacial score (nSPS) is 11.3. The second-order valence-electron chi connectivity index (χ2n) is 4.63. The molecule has 0 atom stereocenters. The van der Waals surface area contributed by atoms with Crippen molar-refractivity contribution < 1.29 is 8.42 Å². The molecular formula is C14H17N3O2S. The summed E-state index contributed by atoms with van der Waals surface area (Å²) in [4.78, 5) is 4.23. The Bertz CT molecular complexity index is 727. The van der Waals surface area contributed by atoms with E-state index in [0.717, 1.165) is 16.8 Å². The highest BCUT2D eigenvalue weighted by Crippen LogP contribution is 2.22. The van der Waals surface area contributed by atoms with Gasteiger partial charge in [-0.15, -0.1) is 0 Å². The van der Waals surface area contributed by atoms with Gasteiger partial charge in [0.2, 0.25) is 10.0 Å². The lowest BCUT2D eigenvalue weighted by atomic mass is 10.1. The molecule has 1 aromatic carbocycles. The Morgan fingerprint density at radius 2 is 2.00 bits per heavy atom. The van der Waals surface area contributed by atoms with Crippen molar-refractivity contribution in [1.29, 1.82) is 0 Å². The van der Waals surface area contributed by atoms with Gasteiger partial charge in [-0.2, -0.15) is 0 Å². The van der Waals surface area contributed by atoms with E-state index in [1.807, 2.05) is 19.1 Å². The molecule has 1 heterocycles. The van der Waals surface area contributed by atoms with Crippen molar-refractivity contribution >= 4 is 15.7 Å². The molecule has 1 aromatic heterocycles. The van der Waals surface area contributed by atoms with Crippen LogP contribution in [0.25, 0.3) is 0 Å². The minimum atomic E-state index is -3.70. The van der Waals surface area contributed by atoms with Crippen molar-refractivity contribution in [3.8, 4) is 0 Å². The summed E-state index contributed by atoms with van der Waals surface area (Å²) in [6, 6.07) is 6.94. The summed E-state index contributed by atoms with van der Waals surface area (Å²) in [7, 11) is -3.70. The number of aromatic nitrogens is 1. The van der Waals surface area contributed by atoms with Crippen LogP contribution in [0, 0.1) is 13.8 Å². The van der Waals surface area contributed by atoms with Crippen molar-refractivity contribution in [3.05, 3.63) is 53.3 Å². The van der Waals surface area contributed by atoms with Gasteiger partial charge in [0.25, 0.3) is 0 Å². The molecule has 0 amide bonds. The maximum absolute atomic E-state index is 11.5. The lowest BCUT2D eigenvalue weighted by Gasteiger charge is -2.13. The molecule has 0 spiro atoms. The number of hydrogen-bond donors (Lipinski definition) is 2. The van der Waals surface area contributed by atoms with E-state index in [2.05, 4.69) is 10.3 Å². The topological polar surface area (TPSA) is 85.1 Å². The number of aryl methyl sites for hydroxylation is 1. The highest BCUT2D eigenvalue weighted by atomic mass is 32.2. The Labute approximate surface area is 118 Å². The first-order valence-corrected chi connectivity index (χ1v) is 7.70. The summed E-state index contributed by atoms with van der Waals surface area (Å²) < 4.78 is 22.9. The van der Waals surface area contributed by atoms with Crippen molar-refractivity contribution in [2.45, 2.75) is 25.3 Å². The first-order valence-electron chi connectivity index (χ1n) is 6.15. The molecule has 20 heavy (non-hydrogen) atoms. The molecule has 0 saturated carbocycles. The van der Waals surface area contributed by atoms with Crippen LogP contribution in [0.15, 0.2) is 41.6 Å². The number of benzene rings is 1. The van der Waals surface area contributed by atoms with Crippen molar-refractivity contribution in [3.63, 3.8) is 0 Å². The zero-order valence-corrected chi connectivity index (χ0v) is 12.2. The molecule has 5 nitrogen and oxygen atoms in total. The smallest absolute Gasteiger partial charge is 0.238 e. The molecule has 0 aliphatic heterocycles. The van der Waals surface area contributed by atoms with Gasteiger partial charge in [0.1, 0.15) is 0 Å². The molecular weight excluding hydrogens is 274 g/mol. The van der Waals surface area contributed by atoms with Gasteiger partial charge in [0.05, 0.1) is 4.90 Å². The van der Waals surface area contributed by atoms with E-state index in [1.165, 1.54) is 6.07 Å². The minimum Gasteiger partial charge on any atom is -0.381 e. The Balaban J connectivity index is 2.25. The van der Waals surface area contributed by atoms with Crippen LogP contribution in [-0.2, 0) is 16.6 Å². The summed E-state index contributed by atoms with van der Waals surface area (Å²) in [5, 5.41) is 8.41. The van der Waals surface area contributed by atoms with Crippen molar-refractivity contribution in [1.82, 2.24) is 4.98 Å². The molecule has 3 N–H and O–H groups in total. The van der Waals surface area contributed by atoms with E-state index in [9.17, 15) is 8.42 Å². The fourth-order valence-electron chi connectivity index (χ4n) is 1.99. The summed E-state index contributed by atoms with van der Waals surface area (Å²) >= 11 is 0. The van der Waals surface area contributed by atoms with Crippen LogP contribution in [-0.4, -0.2) is 13.4 Å². The fourth-order valence-corrected chi connectivity index (χ4v) is 2.79. The number of pyridine rings is 1. The lowest BCUT2D eigenvalue weighted by Crippen LogP contribution is -2.14. The molecule has 0 unspecified atom stereocenters. The van der Waals surface area contributed by atoms with Crippen LogP contribution < -0.4 is 10.5 Å². The Morgan fingerprint density at radius 1 is 1.25 bits per heavy atom. The summed E-state index contributed by atoms with van der Waals surface area (Å²) in [6.07, 6.45) is 3.53. The average molecular weight is 291 g/mol. The Hall–Kier alpha value is -1.92. The quantitative estimate of drug-likeness (QED) is 0.901. The number of nitrogens with two attached hydrogens (primary N) is 1. The second kappa shape index (κ2) is 5.60. The summed E-state index contributed by atoms with van der Waals surface area (Å²) in [5.41, 5.74) is 3.57. The predicted octanol–water partition coefficient (Wildman–Crippen LogP) is 1.96. The number of anilines is 1. The Kier molecular flexibility index (Phi) is 4.06. The van der Waals surface area contributed by atoms with Gasteiger partial charge in [-0.3, -0.25) is 4.98 Å². The van der Waals surface area contributed by atoms with E-state index in [0.29, 0.717) is 12.1 Å². The lowest BCUT2D eigenvalue weighted by molar-refractivity contribution is 0.597. The number of primary sulfonamides is 1. The Morgan fingerprint density at radius 3 is 2.65 bits per heavy atom. The first-order chi connectivity index (χ1) is 9.39. The van der Waals surface area contributed by atoms with E-state index in [1.54, 1.807) is 25.4 Å². The third-order valence-electron chi connectivity index (χ3n) is 3.21.